The number of rotatable bonds is 4. The van der Waals surface area contributed by atoms with Crippen molar-refractivity contribution in [3.05, 3.63) is 66.6 Å². The van der Waals surface area contributed by atoms with E-state index in [1.165, 1.54) is 0 Å². The summed E-state index contributed by atoms with van der Waals surface area (Å²) >= 11 is 0. The molecule has 2 aromatic heterocycles. The van der Waals surface area contributed by atoms with Crippen molar-refractivity contribution >= 4 is 23.1 Å². The van der Waals surface area contributed by atoms with E-state index < -0.39 is 6.04 Å². The van der Waals surface area contributed by atoms with Gasteiger partial charge in [0.2, 0.25) is 5.91 Å². The number of nitrogens with zero attached hydrogens (tertiary/aromatic N) is 4. The molecule has 1 saturated heterocycles. The molecule has 1 fully saturated rings. The minimum absolute atomic E-state index is 0.0184. The number of imidazole rings is 1. The molecule has 0 radical (unpaired) electrons. The highest BCUT2D eigenvalue weighted by molar-refractivity contribution is 6.03. The van der Waals surface area contributed by atoms with Gasteiger partial charge in [-0.1, -0.05) is 18.2 Å². The highest BCUT2D eigenvalue weighted by Crippen LogP contribution is 2.25. The van der Waals surface area contributed by atoms with E-state index in [-0.39, 0.29) is 11.8 Å². The SMILES string of the molecule is CCN(C(=O)c1ccc2nccn2c1)C1CCN(c2ccccc2)C1=O. The lowest BCUT2D eigenvalue weighted by Crippen LogP contribution is -2.45. The first kappa shape index (κ1) is 16.3. The predicted octanol–water partition coefficient (Wildman–Crippen LogP) is 2.60. The number of anilines is 1. The second-order valence-electron chi connectivity index (χ2n) is 6.33. The number of fused-ring (bicyclic) bond motifs is 1. The zero-order valence-electron chi connectivity index (χ0n) is 14.6. The standard InChI is InChI=1S/C20H20N4O2/c1-2-23(19(25)15-8-9-18-21-11-13-22(18)14-15)17-10-12-24(20(17)26)16-6-4-3-5-7-16/h3-9,11,13-14,17H,2,10,12H2,1H3. The van der Waals surface area contributed by atoms with Crippen LogP contribution in [0.4, 0.5) is 5.69 Å². The fourth-order valence-corrected chi connectivity index (χ4v) is 3.54. The smallest absolute Gasteiger partial charge is 0.256 e. The third-order valence-corrected chi connectivity index (χ3v) is 4.86. The fourth-order valence-electron chi connectivity index (χ4n) is 3.54. The van der Waals surface area contributed by atoms with Gasteiger partial charge in [-0.3, -0.25) is 9.59 Å². The largest absolute Gasteiger partial charge is 0.327 e. The average Bonchev–Trinajstić information content (AvgIpc) is 3.29. The Morgan fingerprint density at radius 3 is 2.81 bits per heavy atom. The number of hydrogen-bond acceptors (Lipinski definition) is 3. The molecule has 0 saturated carbocycles. The van der Waals surface area contributed by atoms with Crippen LogP contribution in [-0.2, 0) is 4.79 Å². The Bertz CT molecular complexity index is 951. The summed E-state index contributed by atoms with van der Waals surface area (Å²) in [5, 5.41) is 0. The van der Waals surface area contributed by atoms with E-state index in [1.807, 2.05) is 47.7 Å². The Morgan fingerprint density at radius 2 is 2.04 bits per heavy atom. The summed E-state index contributed by atoms with van der Waals surface area (Å²) in [6, 6.07) is 12.8. The van der Waals surface area contributed by atoms with Crippen LogP contribution in [0, 0.1) is 0 Å². The van der Waals surface area contributed by atoms with Crippen LogP contribution in [-0.4, -0.2) is 45.2 Å². The third-order valence-electron chi connectivity index (χ3n) is 4.86. The van der Waals surface area contributed by atoms with Crippen LogP contribution in [0.2, 0.25) is 0 Å². The molecule has 6 heteroatoms. The number of hydrogen-bond donors (Lipinski definition) is 0. The molecule has 1 aromatic carbocycles. The van der Waals surface area contributed by atoms with Gasteiger partial charge in [0.1, 0.15) is 11.7 Å². The molecular formula is C20H20N4O2. The number of aromatic nitrogens is 2. The Balaban J connectivity index is 1.58. The van der Waals surface area contributed by atoms with Gasteiger partial charge in [-0.25, -0.2) is 4.98 Å². The van der Waals surface area contributed by atoms with Gasteiger partial charge in [0.15, 0.2) is 0 Å². The summed E-state index contributed by atoms with van der Waals surface area (Å²) in [5.74, 6) is -0.147. The van der Waals surface area contributed by atoms with E-state index in [0.29, 0.717) is 25.1 Å². The summed E-state index contributed by atoms with van der Waals surface area (Å²) in [6.45, 7) is 3.02. The van der Waals surface area contributed by atoms with Gasteiger partial charge in [-0.05, 0) is 37.6 Å². The van der Waals surface area contributed by atoms with Crippen molar-refractivity contribution in [2.75, 3.05) is 18.0 Å². The van der Waals surface area contributed by atoms with E-state index in [2.05, 4.69) is 4.98 Å². The van der Waals surface area contributed by atoms with E-state index in [4.69, 9.17) is 0 Å². The van der Waals surface area contributed by atoms with Crippen LogP contribution in [0.5, 0.6) is 0 Å². The van der Waals surface area contributed by atoms with Gasteiger partial charge in [-0.2, -0.15) is 0 Å². The maximum atomic E-state index is 13.0. The van der Waals surface area contributed by atoms with Crippen molar-refractivity contribution in [2.24, 2.45) is 0 Å². The van der Waals surface area contributed by atoms with Gasteiger partial charge < -0.3 is 14.2 Å². The second-order valence-corrected chi connectivity index (χ2v) is 6.33. The van der Waals surface area contributed by atoms with Crippen LogP contribution in [0.15, 0.2) is 61.1 Å². The van der Waals surface area contributed by atoms with Crippen LogP contribution in [0.25, 0.3) is 5.65 Å². The molecule has 0 bridgehead atoms. The molecule has 2 amide bonds. The summed E-state index contributed by atoms with van der Waals surface area (Å²) < 4.78 is 1.81. The van der Waals surface area contributed by atoms with Crippen molar-refractivity contribution in [3.63, 3.8) is 0 Å². The monoisotopic (exact) mass is 348 g/mol. The van der Waals surface area contributed by atoms with Crippen LogP contribution in [0.3, 0.4) is 0 Å². The predicted molar refractivity (Wildman–Crippen MR) is 99.1 cm³/mol. The number of carbonyl (C=O) groups is 2. The maximum absolute atomic E-state index is 13.0. The van der Waals surface area contributed by atoms with E-state index in [0.717, 1.165) is 11.3 Å². The summed E-state index contributed by atoms with van der Waals surface area (Å²) in [6.07, 6.45) is 5.90. The second kappa shape index (κ2) is 6.63. The zero-order chi connectivity index (χ0) is 18.1. The van der Waals surface area contributed by atoms with Crippen LogP contribution < -0.4 is 4.90 Å². The van der Waals surface area contributed by atoms with Crippen molar-refractivity contribution in [2.45, 2.75) is 19.4 Å². The fraction of sp³-hybridized carbons (Fsp3) is 0.250. The Morgan fingerprint density at radius 1 is 1.23 bits per heavy atom. The normalized spacial score (nSPS) is 17.0. The minimum Gasteiger partial charge on any atom is -0.327 e. The number of carbonyl (C=O) groups excluding carboxylic acids is 2. The van der Waals surface area contributed by atoms with Gasteiger partial charge in [-0.15, -0.1) is 0 Å². The van der Waals surface area contributed by atoms with E-state index >= 15 is 0 Å². The lowest BCUT2D eigenvalue weighted by atomic mass is 10.1. The van der Waals surface area contributed by atoms with Crippen molar-refractivity contribution in [3.8, 4) is 0 Å². The van der Waals surface area contributed by atoms with Crippen LogP contribution >= 0.6 is 0 Å². The molecule has 1 aliphatic heterocycles. The maximum Gasteiger partial charge on any atom is 0.256 e. The molecule has 26 heavy (non-hydrogen) atoms. The van der Waals surface area contributed by atoms with Crippen molar-refractivity contribution in [1.29, 1.82) is 0 Å². The summed E-state index contributed by atoms with van der Waals surface area (Å²) in [7, 11) is 0. The van der Waals surface area contributed by atoms with Crippen LogP contribution in [0.1, 0.15) is 23.7 Å². The van der Waals surface area contributed by atoms with Gasteiger partial charge in [0.05, 0.1) is 5.56 Å². The summed E-state index contributed by atoms with van der Waals surface area (Å²) in [4.78, 5) is 33.6. The number of pyridine rings is 1. The van der Waals surface area contributed by atoms with Gasteiger partial charge in [0.25, 0.3) is 5.91 Å². The van der Waals surface area contributed by atoms with E-state index in [9.17, 15) is 9.59 Å². The lowest BCUT2D eigenvalue weighted by molar-refractivity contribution is -0.120. The summed E-state index contributed by atoms with van der Waals surface area (Å²) in [5.41, 5.74) is 2.23. The number of amides is 2. The quantitative estimate of drug-likeness (QED) is 0.728. The highest BCUT2D eigenvalue weighted by Gasteiger charge is 2.38. The molecule has 0 spiro atoms. The Labute approximate surface area is 151 Å². The first-order valence-electron chi connectivity index (χ1n) is 8.79. The van der Waals surface area contributed by atoms with Gasteiger partial charge >= 0.3 is 0 Å². The van der Waals surface area contributed by atoms with E-state index in [1.54, 1.807) is 34.5 Å². The molecular weight excluding hydrogens is 328 g/mol. The Hall–Kier alpha value is -3.15. The highest BCUT2D eigenvalue weighted by atomic mass is 16.2. The number of likely N-dealkylation sites (N-methyl/N-ethyl adjacent to an activating group) is 1. The van der Waals surface area contributed by atoms with Gasteiger partial charge in [0, 0.05) is 37.4 Å². The molecule has 132 valence electrons. The molecule has 4 rings (SSSR count). The topological polar surface area (TPSA) is 57.9 Å². The average molecular weight is 348 g/mol. The molecule has 0 aliphatic carbocycles. The molecule has 1 atom stereocenters. The first-order chi connectivity index (χ1) is 12.7. The molecule has 0 N–H and O–H groups in total. The molecule has 1 unspecified atom stereocenters. The van der Waals surface area contributed by atoms with Crippen molar-refractivity contribution < 1.29 is 9.59 Å². The molecule has 1 aliphatic rings. The first-order valence-corrected chi connectivity index (χ1v) is 8.79. The number of benzene rings is 1. The molecule has 3 aromatic rings. The number of para-hydroxylation sites is 1. The zero-order valence-corrected chi connectivity index (χ0v) is 14.6. The Kier molecular flexibility index (Phi) is 4.16. The van der Waals surface area contributed by atoms with Crippen molar-refractivity contribution in [1.82, 2.24) is 14.3 Å². The minimum atomic E-state index is -0.425. The third kappa shape index (κ3) is 2.73. The molecule has 3 heterocycles. The molecule has 6 nitrogen and oxygen atoms in total. The lowest BCUT2D eigenvalue weighted by Gasteiger charge is -2.27.